The van der Waals surface area contributed by atoms with Gasteiger partial charge in [-0.25, -0.2) is 0 Å². The van der Waals surface area contributed by atoms with Crippen molar-refractivity contribution in [2.24, 2.45) is 5.92 Å². The molecule has 1 heterocycles. The van der Waals surface area contributed by atoms with Crippen LogP contribution in [0.2, 0.25) is 5.02 Å². The topological polar surface area (TPSA) is 76.7 Å². The Labute approximate surface area is 159 Å². The molecule has 144 valence electrons. The predicted octanol–water partition coefficient (Wildman–Crippen LogP) is 2.75. The fourth-order valence-electron chi connectivity index (χ4n) is 2.97. The maximum absolute atomic E-state index is 12.5. The van der Waals surface area contributed by atoms with Crippen molar-refractivity contribution < 1.29 is 19.1 Å². The summed E-state index contributed by atoms with van der Waals surface area (Å²) in [6.07, 6.45) is 1.02. The number of ether oxygens (including phenoxy) is 2. The quantitative estimate of drug-likeness (QED) is 0.676. The van der Waals surface area contributed by atoms with Crippen LogP contribution in [0.25, 0.3) is 0 Å². The second-order valence-corrected chi connectivity index (χ2v) is 7.40. The largest absolute Gasteiger partial charge is 0.434 e. The van der Waals surface area contributed by atoms with Crippen molar-refractivity contribution in [2.45, 2.75) is 52.0 Å². The normalized spacial score (nSPS) is 20.8. The van der Waals surface area contributed by atoms with Crippen LogP contribution in [0.3, 0.4) is 0 Å². The molecule has 0 spiro atoms. The summed E-state index contributed by atoms with van der Waals surface area (Å²) in [6.45, 7) is 6.71. The molecule has 0 unspecified atom stereocenters. The van der Waals surface area contributed by atoms with Crippen LogP contribution in [0.15, 0.2) is 24.3 Å². The highest BCUT2D eigenvalue weighted by Gasteiger charge is 2.31. The van der Waals surface area contributed by atoms with Crippen LogP contribution in [0.4, 0.5) is 0 Å². The molecule has 1 amide bonds. The SMILES string of the molecule is CC(=O)O[C@@H]1OCC[C@@H]1NC[C@@H](CC(C)C)NC(=O)c1ccc(Cl)cc1. The number of rotatable bonds is 8. The third-order valence-electron chi connectivity index (χ3n) is 4.15. The van der Waals surface area contributed by atoms with Gasteiger partial charge in [0.15, 0.2) is 0 Å². The highest BCUT2D eigenvalue weighted by atomic mass is 35.5. The summed E-state index contributed by atoms with van der Waals surface area (Å²) in [5, 5.41) is 7.04. The Bertz CT molecular complexity index is 606. The van der Waals surface area contributed by atoms with Gasteiger partial charge < -0.3 is 20.1 Å². The molecule has 0 bridgehead atoms. The van der Waals surface area contributed by atoms with Gasteiger partial charge in [-0.1, -0.05) is 25.4 Å². The second kappa shape index (κ2) is 9.90. The maximum atomic E-state index is 12.5. The van der Waals surface area contributed by atoms with Crippen molar-refractivity contribution in [3.05, 3.63) is 34.9 Å². The van der Waals surface area contributed by atoms with Gasteiger partial charge in [0.1, 0.15) is 0 Å². The Morgan fingerprint density at radius 2 is 2.00 bits per heavy atom. The molecule has 1 saturated heterocycles. The molecule has 1 fully saturated rings. The molecular formula is C19H27ClN2O4. The molecule has 6 nitrogen and oxygen atoms in total. The molecular weight excluding hydrogens is 356 g/mol. The van der Waals surface area contributed by atoms with Gasteiger partial charge in [-0.15, -0.1) is 0 Å². The third kappa shape index (κ3) is 6.59. The first-order valence-electron chi connectivity index (χ1n) is 8.93. The molecule has 1 aliphatic heterocycles. The van der Waals surface area contributed by atoms with Gasteiger partial charge in [0.2, 0.25) is 6.29 Å². The van der Waals surface area contributed by atoms with E-state index in [1.807, 2.05) is 0 Å². The lowest BCUT2D eigenvalue weighted by Gasteiger charge is -2.25. The molecule has 1 aliphatic rings. The molecule has 2 rings (SSSR count). The average molecular weight is 383 g/mol. The molecule has 0 radical (unpaired) electrons. The zero-order valence-electron chi connectivity index (χ0n) is 15.5. The molecule has 7 heteroatoms. The van der Waals surface area contributed by atoms with E-state index in [1.165, 1.54) is 6.92 Å². The monoisotopic (exact) mass is 382 g/mol. The highest BCUT2D eigenvalue weighted by molar-refractivity contribution is 6.30. The number of halogens is 1. The van der Waals surface area contributed by atoms with Crippen LogP contribution < -0.4 is 10.6 Å². The molecule has 3 atom stereocenters. The number of amides is 1. The number of hydrogen-bond donors (Lipinski definition) is 2. The number of hydrogen-bond acceptors (Lipinski definition) is 5. The van der Waals surface area contributed by atoms with Crippen LogP contribution in [0.5, 0.6) is 0 Å². The first kappa shape index (κ1) is 20.7. The molecule has 26 heavy (non-hydrogen) atoms. The minimum Gasteiger partial charge on any atom is -0.434 e. The predicted molar refractivity (Wildman–Crippen MR) is 100 cm³/mol. The first-order chi connectivity index (χ1) is 12.3. The number of esters is 1. The molecule has 0 aromatic heterocycles. The van der Waals surface area contributed by atoms with E-state index in [0.29, 0.717) is 29.7 Å². The van der Waals surface area contributed by atoms with Gasteiger partial charge >= 0.3 is 5.97 Å². The van der Waals surface area contributed by atoms with Crippen molar-refractivity contribution in [1.29, 1.82) is 0 Å². The third-order valence-corrected chi connectivity index (χ3v) is 4.40. The number of benzene rings is 1. The van der Waals surface area contributed by atoms with Gasteiger partial charge in [-0.05, 0) is 43.0 Å². The standard InChI is InChI=1S/C19H27ClN2O4/c1-12(2)10-16(22-18(24)14-4-6-15(20)7-5-14)11-21-17-8-9-25-19(17)26-13(3)23/h4-7,12,16-17,19,21H,8-11H2,1-3H3,(H,22,24)/t16-,17+,19+/m1/s1. The van der Waals surface area contributed by atoms with Crippen LogP contribution >= 0.6 is 11.6 Å². The first-order valence-corrected chi connectivity index (χ1v) is 9.31. The van der Waals surface area contributed by atoms with Gasteiger partial charge in [0, 0.05) is 30.1 Å². The molecule has 1 aromatic rings. The smallest absolute Gasteiger partial charge is 0.304 e. The molecule has 1 aromatic carbocycles. The lowest BCUT2D eigenvalue weighted by molar-refractivity contribution is -0.170. The minimum absolute atomic E-state index is 0.0447. The lowest BCUT2D eigenvalue weighted by atomic mass is 10.0. The Kier molecular flexibility index (Phi) is 7.87. The summed E-state index contributed by atoms with van der Waals surface area (Å²) in [5.74, 6) is -0.0665. The van der Waals surface area contributed by atoms with E-state index >= 15 is 0 Å². The fraction of sp³-hybridized carbons (Fsp3) is 0.579. The van der Waals surface area contributed by atoms with Gasteiger partial charge in [-0.3, -0.25) is 9.59 Å². The van der Waals surface area contributed by atoms with Crippen molar-refractivity contribution in [3.8, 4) is 0 Å². The van der Waals surface area contributed by atoms with E-state index in [2.05, 4.69) is 24.5 Å². The zero-order valence-corrected chi connectivity index (χ0v) is 16.2. The Hall–Kier alpha value is -1.63. The van der Waals surface area contributed by atoms with E-state index in [0.717, 1.165) is 12.8 Å². The van der Waals surface area contributed by atoms with Gasteiger partial charge in [0.05, 0.1) is 12.6 Å². The van der Waals surface area contributed by atoms with Gasteiger partial charge in [0.25, 0.3) is 5.91 Å². The number of carbonyl (C=O) groups is 2. The summed E-state index contributed by atoms with van der Waals surface area (Å²) in [4.78, 5) is 23.6. The van der Waals surface area contributed by atoms with Crippen molar-refractivity contribution in [3.63, 3.8) is 0 Å². The Balaban J connectivity index is 1.93. The molecule has 0 aliphatic carbocycles. The fourth-order valence-corrected chi connectivity index (χ4v) is 3.09. The van der Waals surface area contributed by atoms with E-state index in [1.54, 1.807) is 24.3 Å². The zero-order chi connectivity index (χ0) is 19.1. The molecule has 0 saturated carbocycles. The van der Waals surface area contributed by atoms with Crippen molar-refractivity contribution in [1.82, 2.24) is 10.6 Å². The Morgan fingerprint density at radius 1 is 1.31 bits per heavy atom. The lowest BCUT2D eigenvalue weighted by Crippen LogP contribution is -2.48. The minimum atomic E-state index is -0.570. The van der Waals surface area contributed by atoms with Gasteiger partial charge in [-0.2, -0.15) is 0 Å². The van der Waals surface area contributed by atoms with E-state index < -0.39 is 6.29 Å². The van der Waals surface area contributed by atoms with E-state index in [4.69, 9.17) is 21.1 Å². The summed E-state index contributed by atoms with van der Waals surface area (Å²) in [5.41, 5.74) is 0.574. The van der Waals surface area contributed by atoms with Crippen LogP contribution in [-0.2, 0) is 14.3 Å². The van der Waals surface area contributed by atoms with Crippen LogP contribution in [-0.4, -0.2) is 43.4 Å². The van der Waals surface area contributed by atoms with E-state index in [9.17, 15) is 9.59 Å². The Morgan fingerprint density at radius 3 is 2.62 bits per heavy atom. The van der Waals surface area contributed by atoms with Crippen molar-refractivity contribution >= 4 is 23.5 Å². The van der Waals surface area contributed by atoms with Crippen LogP contribution in [0, 0.1) is 5.92 Å². The van der Waals surface area contributed by atoms with Crippen LogP contribution in [0.1, 0.15) is 44.0 Å². The number of nitrogens with one attached hydrogen (secondary N) is 2. The maximum Gasteiger partial charge on any atom is 0.304 e. The summed E-state index contributed by atoms with van der Waals surface area (Å²) in [7, 11) is 0. The van der Waals surface area contributed by atoms with Crippen molar-refractivity contribution in [2.75, 3.05) is 13.2 Å². The summed E-state index contributed by atoms with van der Waals surface area (Å²) < 4.78 is 10.6. The highest BCUT2D eigenvalue weighted by Crippen LogP contribution is 2.16. The molecule has 2 N–H and O–H groups in total. The summed E-state index contributed by atoms with van der Waals surface area (Å²) >= 11 is 5.87. The second-order valence-electron chi connectivity index (χ2n) is 6.96. The summed E-state index contributed by atoms with van der Waals surface area (Å²) in [6, 6.07) is 6.70. The number of carbonyl (C=O) groups excluding carboxylic acids is 2. The van der Waals surface area contributed by atoms with E-state index in [-0.39, 0.29) is 24.0 Å². The average Bonchev–Trinajstić information content (AvgIpc) is 2.99.